The van der Waals surface area contributed by atoms with Crippen molar-refractivity contribution >= 4 is 44.0 Å². The summed E-state index contributed by atoms with van der Waals surface area (Å²) in [4.78, 5) is 39.7. The lowest BCUT2D eigenvalue weighted by Crippen LogP contribution is -2.68. The Morgan fingerprint density at radius 1 is 1.00 bits per heavy atom. The number of rotatable bonds is 16. The molecular formula is C55H63FN8O8S. The van der Waals surface area contributed by atoms with Crippen LogP contribution in [0.2, 0.25) is 0 Å². The number of nitrogens with zero attached hydrogens (tertiary/aromatic N) is 5. The summed E-state index contributed by atoms with van der Waals surface area (Å²) in [5.41, 5.74) is 4.02. The van der Waals surface area contributed by atoms with E-state index in [0.717, 1.165) is 82.5 Å². The zero-order chi connectivity index (χ0) is 51.2. The SMILES string of the molecule is COc1ccc(CN2CCN(C3CC4(C3)CN(c3ccc(C(=O)NS(=O)(=O)c5ccc(NCC6CCC(C)(O)CC6)c([N+](=O)[O-])c5)c(Oc5cnc6[nH]cc(F)c6c5)c3)C4)C(c3ccccc3C(C)C)C2)cc1. The van der Waals surface area contributed by atoms with Gasteiger partial charge in [-0.3, -0.25) is 24.7 Å². The van der Waals surface area contributed by atoms with E-state index in [1.165, 1.54) is 53.3 Å². The van der Waals surface area contributed by atoms with Gasteiger partial charge in [0.25, 0.3) is 21.6 Å². The normalized spacial score (nSPS) is 21.4. The Balaban J connectivity index is 0.847. The van der Waals surface area contributed by atoms with Crippen LogP contribution in [-0.2, 0) is 16.6 Å². The fourth-order valence-electron chi connectivity index (χ4n) is 11.5. The number of pyridine rings is 1. The van der Waals surface area contributed by atoms with Crippen LogP contribution in [0.3, 0.4) is 0 Å². The number of nitro groups is 1. The molecule has 4 heterocycles. The number of H-pyrrole nitrogens is 1. The van der Waals surface area contributed by atoms with E-state index >= 15 is 0 Å². The molecule has 4 aliphatic rings. The molecule has 0 radical (unpaired) electrons. The second-order valence-corrected chi connectivity index (χ2v) is 22.9. The Morgan fingerprint density at radius 2 is 1.75 bits per heavy atom. The highest BCUT2D eigenvalue weighted by Gasteiger charge is 2.55. The first kappa shape index (κ1) is 50.0. The number of hydrogen-bond donors (Lipinski definition) is 4. The van der Waals surface area contributed by atoms with Crippen molar-refractivity contribution in [2.75, 3.05) is 56.6 Å². The lowest BCUT2D eigenvalue weighted by molar-refractivity contribution is -0.384. The van der Waals surface area contributed by atoms with E-state index in [1.54, 1.807) is 26.2 Å². The van der Waals surface area contributed by atoms with Gasteiger partial charge < -0.3 is 29.8 Å². The number of nitrogens with one attached hydrogen (secondary N) is 3. The molecular weight excluding hydrogens is 952 g/mol. The third-order valence-electron chi connectivity index (χ3n) is 15.6. The van der Waals surface area contributed by atoms with Crippen LogP contribution in [0.5, 0.6) is 17.2 Å². The Labute approximate surface area is 425 Å². The van der Waals surface area contributed by atoms with Crippen LogP contribution < -0.4 is 24.4 Å². The average Bonchev–Trinajstić information content (AvgIpc) is 3.72. The summed E-state index contributed by atoms with van der Waals surface area (Å²) in [7, 11) is -2.96. The lowest BCUT2D eigenvalue weighted by atomic mass is 9.59. The number of benzene rings is 4. The number of nitro benzene ring substituents is 1. The highest BCUT2D eigenvalue weighted by molar-refractivity contribution is 7.90. The van der Waals surface area contributed by atoms with E-state index in [4.69, 9.17) is 9.47 Å². The van der Waals surface area contributed by atoms with Crippen LogP contribution >= 0.6 is 0 Å². The van der Waals surface area contributed by atoms with Crippen LogP contribution in [0.1, 0.15) is 98.3 Å². The summed E-state index contributed by atoms with van der Waals surface area (Å²) in [6.45, 7) is 12.0. The zero-order valence-corrected chi connectivity index (χ0v) is 42.5. The Kier molecular flexibility index (Phi) is 13.7. The number of halogens is 1. The van der Waals surface area contributed by atoms with E-state index in [1.807, 2.05) is 12.1 Å². The molecule has 2 aliphatic carbocycles. The molecule has 2 saturated heterocycles. The van der Waals surface area contributed by atoms with Crippen LogP contribution in [0.4, 0.5) is 21.5 Å². The molecule has 1 unspecified atom stereocenters. The van der Waals surface area contributed by atoms with Crippen molar-refractivity contribution < 1.29 is 37.1 Å². The minimum Gasteiger partial charge on any atom is -0.497 e. The summed E-state index contributed by atoms with van der Waals surface area (Å²) >= 11 is 0. The van der Waals surface area contributed by atoms with Gasteiger partial charge in [-0.25, -0.2) is 22.5 Å². The van der Waals surface area contributed by atoms with Crippen LogP contribution in [0.15, 0.2) is 108 Å². The molecule has 4 aromatic carbocycles. The van der Waals surface area contributed by atoms with Gasteiger partial charge in [0.15, 0.2) is 0 Å². The van der Waals surface area contributed by atoms with Gasteiger partial charge in [-0.1, -0.05) is 50.2 Å². The van der Waals surface area contributed by atoms with Crippen molar-refractivity contribution in [2.45, 2.75) is 94.3 Å². The molecule has 73 heavy (non-hydrogen) atoms. The number of carbonyl (C=O) groups excluding carboxylic acids is 1. The Bertz CT molecular complexity index is 3120. The van der Waals surface area contributed by atoms with Crippen LogP contribution in [0, 0.1) is 27.3 Å². The van der Waals surface area contributed by atoms with Gasteiger partial charge in [0.2, 0.25) is 0 Å². The molecule has 2 aromatic heterocycles. The number of hydrogen-bond acceptors (Lipinski definition) is 13. The maximum Gasteiger partial charge on any atom is 0.293 e. The van der Waals surface area contributed by atoms with Gasteiger partial charge in [0, 0.05) is 87.3 Å². The first-order valence-corrected chi connectivity index (χ1v) is 26.6. The summed E-state index contributed by atoms with van der Waals surface area (Å²) in [6.07, 6.45) is 7.37. The fourth-order valence-corrected chi connectivity index (χ4v) is 12.5. The average molecular weight is 1020 g/mol. The monoisotopic (exact) mass is 1010 g/mol. The van der Waals surface area contributed by atoms with E-state index in [0.29, 0.717) is 37.0 Å². The van der Waals surface area contributed by atoms with Gasteiger partial charge in [0.05, 0.1) is 39.7 Å². The molecule has 0 bridgehead atoms. The molecule has 16 nitrogen and oxygen atoms in total. The number of aromatic amines is 1. The number of aliphatic hydroxyl groups is 1. The molecule has 2 aliphatic heterocycles. The molecule has 384 valence electrons. The van der Waals surface area contributed by atoms with Crippen LogP contribution in [-0.4, -0.2) is 102 Å². The van der Waals surface area contributed by atoms with E-state index in [2.05, 4.69) is 85.0 Å². The van der Waals surface area contributed by atoms with Gasteiger partial charge in [-0.15, -0.1) is 0 Å². The van der Waals surface area contributed by atoms with Crippen molar-refractivity contribution in [3.05, 3.63) is 142 Å². The molecule has 1 amide bonds. The molecule has 10 rings (SSSR count). The van der Waals surface area contributed by atoms with Crippen LogP contribution in [0.25, 0.3) is 11.0 Å². The minimum atomic E-state index is -4.64. The van der Waals surface area contributed by atoms with E-state index in [9.17, 15) is 32.8 Å². The molecule has 4 fully saturated rings. The van der Waals surface area contributed by atoms with E-state index < -0.39 is 42.9 Å². The van der Waals surface area contributed by atoms with Crippen molar-refractivity contribution in [3.8, 4) is 17.2 Å². The first-order chi connectivity index (χ1) is 34.9. The third-order valence-corrected chi connectivity index (χ3v) is 17.0. The van der Waals surface area contributed by atoms with Crippen molar-refractivity contribution in [1.29, 1.82) is 0 Å². The highest BCUT2D eigenvalue weighted by atomic mass is 32.2. The smallest absolute Gasteiger partial charge is 0.293 e. The molecule has 18 heteroatoms. The van der Waals surface area contributed by atoms with E-state index in [-0.39, 0.29) is 45.5 Å². The standard InChI is InChI=1S/C55H63FN8O8S/c1-35(2)43-7-5-6-8-44(43)50-32-61(31-37-9-12-40(71-4)13-10-37)21-22-63(50)39-26-55(27-39)33-62(34-55)38-11-15-45(51(23-38)72-41-24-46-47(56)30-59-52(46)58-29-41)53(65)60-73(69,70)42-14-16-48(49(25-42)64(67)68)57-28-36-17-19-54(3,66)20-18-36/h5-16,23-25,29-30,35-36,39,50,57,66H,17-22,26-28,31-34H2,1-4H3,(H,58,59)(H,60,65). The van der Waals surface area contributed by atoms with Gasteiger partial charge in [-0.05, 0) is 116 Å². The number of sulfonamides is 1. The molecule has 6 aromatic rings. The van der Waals surface area contributed by atoms with Crippen molar-refractivity contribution in [1.82, 2.24) is 24.5 Å². The number of piperazine rings is 1. The zero-order valence-electron chi connectivity index (χ0n) is 41.6. The second-order valence-electron chi connectivity index (χ2n) is 21.2. The highest BCUT2D eigenvalue weighted by Crippen LogP contribution is 2.54. The van der Waals surface area contributed by atoms with Gasteiger partial charge in [-0.2, -0.15) is 0 Å². The van der Waals surface area contributed by atoms with Crippen molar-refractivity contribution in [2.24, 2.45) is 11.3 Å². The molecule has 2 saturated carbocycles. The quantitative estimate of drug-likeness (QED) is 0.0529. The number of aromatic nitrogens is 2. The van der Waals surface area contributed by atoms with Crippen molar-refractivity contribution in [3.63, 3.8) is 0 Å². The topological polar surface area (TPSA) is 195 Å². The number of ether oxygens (including phenoxy) is 2. The summed E-state index contributed by atoms with van der Waals surface area (Å²) in [5.74, 6) is -0.0167. The fraction of sp³-hybridized carbons (Fsp3) is 0.418. The number of anilines is 2. The van der Waals surface area contributed by atoms with Gasteiger partial charge >= 0.3 is 0 Å². The second kappa shape index (κ2) is 20.0. The molecule has 1 atom stereocenters. The summed E-state index contributed by atoms with van der Waals surface area (Å²) < 4.78 is 56.1. The summed E-state index contributed by atoms with van der Waals surface area (Å²) in [6, 6.07) is 27.7. The summed E-state index contributed by atoms with van der Waals surface area (Å²) in [5, 5.41) is 25.8. The third kappa shape index (κ3) is 10.6. The number of carbonyl (C=O) groups is 1. The molecule has 1 spiro atoms. The maximum atomic E-state index is 14.7. The first-order valence-electron chi connectivity index (χ1n) is 25.2. The maximum absolute atomic E-state index is 14.7. The minimum absolute atomic E-state index is 0.0173. The number of amides is 1. The number of fused-ring (bicyclic) bond motifs is 1. The number of methoxy groups -OCH3 is 1. The van der Waals surface area contributed by atoms with Gasteiger partial charge in [0.1, 0.15) is 34.4 Å². The molecule has 4 N–H and O–H groups in total. The lowest BCUT2D eigenvalue weighted by Gasteiger charge is -2.63. The predicted octanol–water partition coefficient (Wildman–Crippen LogP) is 9.53. The Hall–Kier alpha value is -6.60. The Morgan fingerprint density at radius 3 is 2.48 bits per heavy atom. The predicted molar refractivity (Wildman–Crippen MR) is 277 cm³/mol. The largest absolute Gasteiger partial charge is 0.497 e.